The standard InChI is InChI=1S/C15H22F3NO3S/c1-11(2)9-19(10-12(3)4)23(20,21)14-7-5-13(6-8-14)22-15(16,17)18/h5-8,11-12H,9-10H2,1-4H3. The molecule has 0 aliphatic carbocycles. The van der Waals surface area contributed by atoms with Gasteiger partial charge in [0.05, 0.1) is 4.90 Å². The lowest BCUT2D eigenvalue weighted by atomic mass is 10.2. The van der Waals surface area contributed by atoms with Crippen LogP contribution < -0.4 is 4.74 Å². The van der Waals surface area contributed by atoms with Crippen molar-refractivity contribution in [2.24, 2.45) is 11.8 Å². The first kappa shape index (κ1) is 19.8. The number of rotatable bonds is 7. The molecular weight excluding hydrogens is 331 g/mol. The van der Waals surface area contributed by atoms with Crippen LogP contribution in [-0.4, -0.2) is 32.2 Å². The Morgan fingerprint density at radius 1 is 1.00 bits per heavy atom. The van der Waals surface area contributed by atoms with Crippen LogP contribution in [-0.2, 0) is 10.0 Å². The highest BCUT2D eigenvalue weighted by atomic mass is 32.2. The summed E-state index contributed by atoms with van der Waals surface area (Å²) >= 11 is 0. The summed E-state index contributed by atoms with van der Waals surface area (Å²) in [5.74, 6) is -0.177. The van der Waals surface area contributed by atoms with Crippen LogP contribution in [0.4, 0.5) is 13.2 Å². The van der Waals surface area contributed by atoms with Crippen molar-refractivity contribution in [3.8, 4) is 5.75 Å². The molecule has 8 heteroatoms. The normalized spacial score (nSPS) is 13.1. The lowest BCUT2D eigenvalue weighted by Crippen LogP contribution is -2.37. The van der Waals surface area contributed by atoms with Crippen LogP contribution >= 0.6 is 0 Å². The van der Waals surface area contributed by atoms with E-state index in [1.807, 2.05) is 27.7 Å². The van der Waals surface area contributed by atoms with Gasteiger partial charge in [0.2, 0.25) is 10.0 Å². The van der Waals surface area contributed by atoms with Crippen LogP contribution in [0.1, 0.15) is 27.7 Å². The van der Waals surface area contributed by atoms with Gasteiger partial charge in [0.1, 0.15) is 5.75 Å². The van der Waals surface area contributed by atoms with Crippen molar-refractivity contribution >= 4 is 10.0 Å². The van der Waals surface area contributed by atoms with E-state index in [4.69, 9.17) is 0 Å². The van der Waals surface area contributed by atoms with E-state index in [2.05, 4.69) is 4.74 Å². The molecule has 0 atom stereocenters. The molecular formula is C15H22F3NO3S. The fourth-order valence-corrected chi connectivity index (χ4v) is 3.81. The molecule has 0 bridgehead atoms. The number of sulfonamides is 1. The second kappa shape index (κ2) is 7.53. The minimum Gasteiger partial charge on any atom is -0.406 e. The highest BCUT2D eigenvalue weighted by Crippen LogP contribution is 2.25. The maximum Gasteiger partial charge on any atom is 0.573 e. The fraction of sp³-hybridized carbons (Fsp3) is 0.600. The number of nitrogens with zero attached hydrogens (tertiary/aromatic N) is 1. The Morgan fingerprint density at radius 3 is 1.78 bits per heavy atom. The van der Waals surface area contributed by atoms with Gasteiger partial charge in [-0.3, -0.25) is 0 Å². The van der Waals surface area contributed by atoms with Gasteiger partial charge in [-0.05, 0) is 36.1 Å². The Labute approximate surface area is 135 Å². The summed E-state index contributed by atoms with van der Waals surface area (Å²) < 4.78 is 66.9. The van der Waals surface area contributed by atoms with Crippen LogP contribution in [0.5, 0.6) is 5.75 Å². The zero-order valence-corrected chi connectivity index (χ0v) is 14.4. The van der Waals surface area contributed by atoms with Gasteiger partial charge in [0.25, 0.3) is 0 Å². The number of ether oxygens (including phenoxy) is 1. The van der Waals surface area contributed by atoms with E-state index >= 15 is 0 Å². The molecule has 0 aliphatic heterocycles. The summed E-state index contributed by atoms with van der Waals surface area (Å²) in [6.07, 6.45) is -4.80. The molecule has 0 N–H and O–H groups in total. The lowest BCUT2D eigenvalue weighted by molar-refractivity contribution is -0.274. The topological polar surface area (TPSA) is 46.6 Å². The molecule has 0 amide bonds. The molecule has 0 aromatic heterocycles. The van der Waals surface area contributed by atoms with E-state index in [0.717, 1.165) is 24.3 Å². The lowest BCUT2D eigenvalue weighted by Gasteiger charge is -2.25. The molecule has 0 spiro atoms. The smallest absolute Gasteiger partial charge is 0.406 e. The summed E-state index contributed by atoms with van der Waals surface area (Å²) in [6, 6.07) is 4.26. The predicted octanol–water partition coefficient (Wildman–Crippen LogP) is 3.89. The molecule has 0 heterocycles. The molecule has 132 valence electrons. The van der Waals surface area contributed by atoms with Gasteiger partial charge in [-0.2, -0.15) is 4.31 Å². The maximum absolute atomic E-state index is 12.7. The summed E-state index contributed by atoms with van der Waals surface area (Å²) in [7, 11) is -3.76. The molecule has 0 fully saturated rings. The maximum atomic E-state index is 12.7. The molecule has 1 aromatic carbocycles. The molecule has 1 aromatic rings. The van der Waals surface area contributed by atoms with Gasteiger partial charge >= 0.3 is 6.36 Å². The zero-order valence-electron chi connectivity index (χ0n) is 13.6. The van der Waals surface area contributed by atoms with E-state index in [-0.39, 0.29) is 16.7 Å². The van der Waals surface area contributed by atoms with Crippen LogP contribution in [0.15, 0.2) is 29.2 Å². The number of halogens is 3. The molecule has 0 unspecified atom stereocenters. The van der Waals surface area contributed by atoms with Gasteiger partial charge in [-0.1, -0.05) is 27.7 Å². The average Bonchev–Trinajstić information content (AvgIpc) is 2.35. The SMILES string of the molecule is CC(C)CN(CC(C)C)S(=O)(=O)c1ccc(OC(F)(F)F)cc1. The van der Waals surface area contributed by atoms with Crippen molar-refractivity contribution in [2.45, 2.75) is 39.0 Å². The third-order valence-corrected chi connectivity index (χ3v) is 4.68. The average molecular weight is 353 g/mol. The Morgan fingerprint density at radius 2 is 1.43 bits per heavy atom. The highest BCUT2D eigenvalue weighted by Gasteiger charge is 2.31. The number of benzene rings is 1. The van der Waals surface area contributed by atoms with Crippen molar-refractivity contribution in [2.75, 3.05) is 13.1 Å². The molecule has 4 nitrogen and oxygen atoms in total. The quantitative estimate of drug-likeness (QED) is 0.747. The van der Waals surface area contributed by atoms with Crippen LogP contribution in [0.2, 0.25) is 0 Å². The van der Waals surface area contributed by atoms with Gasteiger partial charge in [0.15, 0.2) is 0 Å². The summed E-state index contributed by atoms with van der Waals surface area (Å²) in [5, 5.41) is 0. The molecule has 0 saturated heterocycles. The van der Waals surface area contributed by atoms with Gasteiger partial charge in [0, 0.05) is 13.1 Å². The first-order valence-electron chi connectivity index (χ1n) is 7.27. The Bertz CT molecular complexity index is 585. The third kappa shape index (κ3) is 6.39. The fourth-order valence-electron chi connectivity index (χ4n) is 2.05. The minimum absolute atomic E-state index is 0.0478. The largest absolute Gasteiger partial charge is 0.573 e. The highest BCUT2D eigenvalue weighted by molar-refractivity contribution is 7.89. The van der Waals surface area contributed by atoms with E-state index in [1.54, 1.807) is 0 Å². The first-order valence-corrected chi connectivity index (χ1v) is 8.72. The van der Waals surface area contributed by atoms with Crippen LogP contribution in [0, 0.1) is 11.8 Å². The second-order valence-electron chi connectivity index (χ2n) is 6.13. The summed E-state index contributed by atoms with van der Waals surface area (Å²) in [4.78, 5) is -0.0478. The van der Waals surface area contributed by atoms with E-state index in [1.165, 1.54) is 4.31 Å². The number of hydrogen-bond donors (Lipinski definition) is 0. The van der Waals surface area contributed by atoms with Gasteiger partial charge in [-0.15, -0.1) is 13.2 Å². The molecule has 23 heavy (non-hydrogen) atoms. The molecule has 0 radical (unpaired) electrons. The van der Waals surface area contributed by atoms with Crippen LogP contribution in [0.25, 0.3) is 0 Å². The minimum atomic E-state index is -4.80. The van der Waals surface area contributed by atoms with Crippen molar-refractivity contribution in [3.63, 3.8) is 0 Å². The van der Waals surface area contributed by atoms with Crippen molar-refractivity contribution < 1.29 is 26.3 Å². The van der Waals surface area contributed by atoms with Gasteiger partial charge < -0.3 is 4.74 Å². The van der Waals surface area contributed by atoms with Crippen molar-refractivity contribution in [3.05, 3.63) is 24.3 Å². The molecule has 0 aliphatic rings. The van der Waals surface area contributed by atoms with E-state index < -0.39 is 22.1 Å². The summed E-state index contributed by atoms with van der Waals surface area (Å²) in [6.45, 7) is 8.32. The second-order valence-corrected chi connectivity index (χ2v) is 8.07. The molecule has 0 saturated carbocycles. The number of hydrogen-bond acceptors (Lipinski definition) is 3. The zero-order chi connectivity index (χ0) is 17.8. The molecule has 1 rings (SSSR count). The Hall–Kier alpha value is -1.28. The summed E-state index contributed by atoms with van der Waals surface area (Å²) in [5.41, 5.74) is 0. The predicted molar refractivity (Wildman–Crippen MR) is 81.6 cm³/mol. The Kier molecular flexibility index (Phi) is 6.47. The van der Waals surface area contributed by atoms with Crippen LogP contribution in [0.3, 0.4) is 0 Å². The van der Waals surface area contributed by atoms with Gasteiger partial charge in [-0.25, -0.2) is 8.42 Å². The van der Waals surface area contributed by atoms with E-state index in [9.17, 15) is 21.6 Å². The first-order chi connectivity index (χ1) is 10.4. The number of alkyl halides is 3. The van der Waals surface area contributed by atoms with Crippen molar-refractivity contribution in [1.29, 1.82) is 0 Å². The van der Waals surface area contributed by atoms with E-state index in [0.29, 0.717) is 13.1 Å². The Balaban J connectivity index is 3.04. The monoisotopic (exact) mass is 353 g/mol. The van der Waals surface area contributed by atoms with Crippen molar-refractivity contribution in [1.82, 2.24) is 4.31 Å². The third-order valence-electron chi connectivity index (χ3n) is 2.83.